The number of rotatable bonds is 19. The Labute approximate surface area is 701 Å². The summed E-state index contributed by atoms with van der Waals surface area (Å²) < 4.78 is 14.5. The van der Waals surface area contributed by atoms with Gasteiger partial charge in [0.1, 0.15) is 17.0 Å². The largest absolute Gasteiger partial charge is 0.474 e. The van der Waals surface area contributed by atoms with Crippen LogP contribution >= 0.6 is 34.0 Å². The number of carboxylic acids is 1. The number of ether oxygens (including phenoxy) is 2. The first-order valence-electron chi connectivity index (χ1n) is 40.3. The van der Waals surface area contributed by atoms with Crippen LogP contribution in [0.4, 0.5) is 22.9 Å². The number of thiophene rings is 3. The number of amides is 5. The van der Waals surface area contributed by atoms with Gasteiger partial charge in [0.05, 0.1) is 72.0 Å². The van der Waals surface area contributed by atoms with E-state index in [1.54, 1.807) is 78.4 Å². The Bertz CT molecular complexity index is 4990. The van der Waals surface area contributed by atoms with Gasteiger partial charge >= 0.3 is 47.4 Å². The van der Waals surface area contributed by atoms with Crippen LogP contribution < -0.4 is 27.0 Å². The molecule has 12 rings (SSSR count). The Morgan fingerprint density at radius 3 is 1.21 bits per heavy atom. The fourth-order valence-corrected chi connectivity index (χ4v) is 17.4. The molecule has 9 aromatic rings. The predicted octanol–water partition coefficient (Wildman–Crippen LogP) is 15.1. The zero-order valence-electron chi connectivity index (χ0n) is 71.3. The fourth-order valence-electron chi connectivity index (χ4n) is 14.5. The van der Waals surface area contributed by atoms with Gasteiger partial charge in [-0.25, -0.2) is 9.78 Å². The normalized spacial score (nSPS) is 17.6. The van der Waals surface area contributed by atoms with Gasteiger partial charge in [-0.3, -0.25) is 43.5 Å². The monoisotopic (exact) mass is 1650 g/mol. The topological polar surface area (TPSA) is 304 Å². The SMILES string of the molecule is CC1CCC(c2ccc3scc(CCN(C)C)c3c2)NC1.Cc1cc(NC(=O)C(=O)N2CC(C)CCC2c2ccc3scc(CCN(C)C)c3c2)cnc1CC(=O)OC(C)(C)C.Cc1cc(NC(=O)C(=O)N2C[C@H](C)CC[C@H]2c2ccc3scc(CCN(C)C)c3c2)cnc1N.Cc1cc(NC(=O)C(=O)O)cnc1CC(=O)OC(C)(C)C. The van der Waals surface area contributed by atoms with Gasteiger partial charge in [0.2, 0.25) is 0 Å². The highest BCUT2D eigenvalue weighted by atomic mass is 32.1. The molecule has 117 heavy (non-hydrogen) atoms. The van der Waals surface area contributed by atoms with Crippen molar-refractivity contribution < 1.29 is 52.9 Å². The summed E-state index contributed by atoms with van der Waals surface area (Å²) in [5, 5.41) is 30.6. The highest BCUT2D eigenvalue weighted by Gasteiger charge is 2.37. The van der Waals surface area contributed by atoms with Crippen molar-refractivity contribution in [2.24, 2.45) is 17.8 Å². The summed E-state index contributed by atoms with van der Waals surface area (Å²) in [6, 6.07) is 25.3. The van der Waals surface area contributed by atoms with Crippen molar-refractivity contribution in [3.8, 4) is 0 Å². The Balaban J connectivity index is 0.000000185. The van der Waals surface area contributed by atoms with Crippen LogP contribution in [0.2, 0.25) is 0 Å². The fraction of sp³-hybridized carbons (Fsp3) is 0.478. The number of pyridine rings is 3. The summed E-state index contributed by atoms with van der Waals surface area (Å²) in [6.45, 7) is 28.0. The van der Waals surface area contributed by atoms with Crippen LogP contribution in [0.3, 0.4) is 0 Å². The Morgan fingerprint density at radius 2 is 0.855 bits per heavy atom. The zero-order valence-corrected chi connectivity index (χ0v) is 73.7. The molecule has 3 aliphatic heterocycles. The van der Waals surface area contributed by atoms with E-state index in [-0.39, 0.29) is 36.6 Å². The Morgan fingerprint density at radius 1 is 0.496 bits per heavy atom. The molecule has 5 amide bonds. The van der Waals surface area contributed by atoms with Crippen molar-refractivity contribution >= 4 is 135 Å². The van der Waals surface area contributed by atoms with E-state index in [0.29, 0.717) is 65.1 Å². The van der Waals surface area contributed by atoms with Gasteiger partial charge in [-0.15, -0.1) is 34.0 Å². The smallest absolute Gasteiger partial charge is 0.394 e. The lowest BCUT2D eigenvalue weighted by Gasteiger charge is -2.38. The second kappa shape index (κ2) is 41.2. The van der Waals surface area contributed by atoms with Gasteiger partial charge in [-0.2, -0.15) is 0 Å². The predicted molar refractivity (Wildman–Crippen MR) is 471 cm³/mol. The minimum Gasteiger partial charge on any atom is -0.474 e. The van der Waals surface area contributed by atoms with E-state index in [1.807, 2.05) is 46.0 Å². The molecule has 9 heterocycles. The number of fused-ring (bicyclic) bond motifs is 3. The number of aromatic nitrogens is 3. The average Bonchev–Trinajstić information content (AvgIpc) is 1.76. The molecule has 27 heteroatoms. The van der Waals surface area contributed by atoms with Crippen molar-refractivity contribution in [2.45, 2.75) is 183 Å². The number of nitrogens with zero attached hydrogens (tertiary/aromatic N) is 8. The van der Waals surface area contributed by atoms with Crippen molar-refractivity contribution in [1.29, 1.82) is 0 Å². The van der Waals surface area contributed by atoms with Crippen LogP contribution in [0.5, 0.6) is 0 Å². The highest BCUT2D eigenvalue weighted by Crippen LogP contribution is 2.40. The van der Waals surface area contributed by atoms with E-state index >= 15 is 0 Å². The molecule has 3 aliphatic rings. The van der Waals surface area contributed by atoms with Crippen LogP contribution in [0.15, 0.2) is 108 Å². The van der Waals surface area contributed by atoms with E-state index < -0.39 is 52.7 Å². The number of carboxylic acid groups (broad SMARTS) is 1. The van der Waals surface area contributed by atoms with Gasteiger partial charge in [0, 0.05) is 52.9 Å². The first kappa shape index (κ1) is 91.3. The molecular formula is C90H119N13O11S3. The van der Waals surface area contributed by atoms with Crippen LogP contribution in [0.25, 0.3) is 30.3 Å². The summed E-state index contributed by atoms with van der Waals surface area (Å²) >= 11 is 5.39. The summed E-state index contributed by atoms with van der Waals surface area (Å²) in [5.74, 6) is -4.00. The number of likely N-dealkylation sites (tertiary alicyclic amines) is 2. The Kier molecular flexibility index (Phi) is 32.1. The van der Waals surface area contributed by atoms with Crippen LogP contribution in [0, 0.1) is 38.5 Å². The summed E-state index contributed by atoms with van der Waals surface area (Å²) in [4.78, 5) is 121. The van der Waals surface area contributed by atoms with Crippen LogP contribution in [-0.2, 0) is 79.9 Å². The number of likely N-dealkylation sites (N-methyl/N-ethyl adjacent to an activating group) is 3. The number of benzene rings is 3. The van der Waals surface area contributed by atoms with Crippen LogP contribution in [-0.4, -0.2) is 185 Å². The minimum atomic E-state index is -1.58. The number of piperidine rings is 3. The molecule has 3 saturated heterocycles. The molecule has 628 valence electrons. The minimum absolute atomic E-state index is 0.0102. The molecule has 0 spiro atoms. The van der Waals surface area contributed by atoms with Crippen molar-refractivity contribution in [3.63, 3.8) is 0 Å². The molecule has 0 aliphatic carbocycles. The number of esters is 2. The number of nitrogen functional groups attached to an aromatic ring is 1. The first-order chi connectivity index (χ1) is 55.2. The number of anilines is 4. The maximum atomic E-state index is 13.5. The van der Waals surface area contributed by atoms with E-state index in [0.717, 1.165) is 99.3 Å². The van der Waals surface area contributed by atoms with Gasteiger partial charge in [0.15, 0.2) is 0 Å². The molecule has 3 fully saturated rings. The number of nitrogens with two attached hydrogens (primary N) is 1. The maximum Gasteiger partial charge on any atom is 0.394 e. The van der Waals surface area contributed by atoms with E-state index in [9.17, 15) is 38.4 Å². The second-order valence-corrected chi connectivity index (χ2v) is 37.0. The molecule has 7 N–H and O–H groups in total. The molecule has 6 atom stereocenters. The summed E-state index contributed by atoms with van der Waals surface area (Å²) in [6.07, 6.45) is 13.7. The average molecular weight is 1660 g/mol. The lowest BCUT2D eigenvalue weighted by molar-refractivity contribution is -0.155. The van der Waals surface area contributed by atoms with Gasteiger partial charge < -0.3 is 66.1 Å². The zero-order chi connectivity index (χ0) is 85.3. The molecule has 4 unspecified atom stereocenters. The summed E-state index contributed by atoms with van der Waals surface area (Å²) in [7, 11) is 12.6. The number of aryl methyl sites for hydroxylation is 3. The van der Waals surface area contributed by atoms with E-state index in [1.165, 1.54) is 83.9 Å². The lowest BCUT2D eigenvalue weighted by atomic mass is 9.89. The third kappa shape index (κ3) is 26.7. The number of carbonyl (C=O) groups is 8. The second-order valence-electron chi connectivity index (χ2n) is 34.3. The molecular weight excluding hydrogens is 1540 g/mol. The third-order valence-corrected chi connectivity index (χ3v) is 23.9. The number of nitrogens with one attached hydrogen (secondary N) is 4. The lowest BCUT2D eigenvalue weighted by Crippen LogP contribution is -2.46. The number of hydrogen-bond donors (Lipinski definition) is 6. The first-order valence-corrected chi connectivity index (χ1v) is 42.9. The van der Waals surface area contributed by atoms with Gasteiger partial charge in [-0.05, 0) is 324 Å². The molecule has 0 bridgehead atoms. The van der Waals surface area contributed by atoms with Crippen molar-refractivity contribution in [1.82, 2.24) is 44.8 Å². The number of hydrogen-bond acceptors (Lipinski definition) is 21. The molecule has 3 aromatic carbocycles. The highest BCUT2D eigenvalue weighted by molar-refractivity contribution is 7.18. The maximum absolute atomic E-state index is 13.5. The number of carbonyl (C=O) groups excluding carboxylic acids is 7. The molecule has 24 nitrogen and oxygen atoms in total. The van der Waals surface area contributed by atoms with E-state index in [4.69, 9.17) is 20.3 Å². The van der Waals surface area contributed by atoms with Crippen LogP contribution in [0.1, 0.15) is 180 Å². The van der Waals surface area contributed by atoms with Crippen molar-refractivity contribution in [2.75, 3.05) is 103 Å². The standard InChI is InChI=1S/C32H42N4O4S.C26H33N5O2S.C18H26N2S.C14H18N2O5/c1-20-8-10-27(22-9-11-28-25(15-22)23(19-41-28)12-13-35(6)7)36(18-20)31(39)30(38)34-24-14-21(2)26(33-17-24)16-29(37)40-32(3,4)5;1-16-5-7-22(18-6-8-23-21(12-18)19(15-34-23)9-10-30(3)4)31(14-16)26(33)25(32)29-20-11-17(2)24(27)28-13-20;1-13-4-6-17(19-11-13)14-5-7-18-16(10-14)15(12-21-18)8-9-20(2)3;1-8-5-9(16-12(18)13(19)20)7-15-10(8)6-11(17)21-14(2,3)4/h9,11,14-15,17,19-20,27H,8,10,12-13,16,18H2,1-7H3,(H,34,38);6,8,11-13,15-16,22H,5,7,9-10,14H2,1-4H3,(H2,27,28)(H,29,32);5,7,10,12-13,17,19H,4,6,8-9,11H2,1-3H3;5,7H,6H2,1-4H3,(H,16,18)(H,19,20)/t;16-,22+;;/m.1../s1. The molecule has 6 aromatic heterocycles. The number of aliphatic carboxylic acids is 1. The third-order valence-electron chi connectivity index (χ3n) is 20.8. The molecule has 0 saturated carbocycles. The van der Waals surface area contributed by atoms with Gasteiger partial charge in [-0.1, -0.05) is 39.0 Å². The Hall–Kier alpha value is -9.61. The van der Waals surface area contributed by atoms with E-state index in [2.05, 4.69) is 185 Å². The van der Waals surface area contributed by atoms with Crippen molar-refractivity contribution in [3.05, 3.63) is 169 Å². The molecule has 0 radical (unpaired) electrons. The summed E-state index contributed by atoms with van der Waals surface area (Å²) in [5.41, 5.74) is 16.8. The van der Waals surface area contributed by atoms with Gasteiger partial charge in [0.25, 0.3) is 0 Å². The quantitative estimate of drug-likeness (QED) is 0.0324.